The third-order valence-corrected chi connectivity index (χ3v) is 5.26. The molecule has 1 saturated carbocycles. The highest BCUT2D eigenvalue weighted by Crippen LogP contribution is 2.40. The monoisotopic (exact) mass is 405 g/mol. The number of carbonyl (C=O) groups excluding carboxylic acids is 2. The van der Waals surface area contributed by atoms with Gasteiger partial charge in [0.05, 0.1) is 5.56 Å². The molecule has 154 valence electrons. The van der Waals surface area contributed by atoms with E-state index >= 15 is 0 Å². The first-order chi connectivity index (χ1) is 13.7. The Labute approximate surface area is 167 Å². The molecular formula is C22H22F3NO3. The van der Waals surface area contributed by atoms with Gasteiger partial charge < -0.3 is 10.1 Å². The molecule has 0 unspecified atom stereocenters. The summed E-state index contributed by atoms with van der Waals surface area (Å²) in [5, 5.41) is 2.17. The molecular weight excluding hydrogens is 383 g/mol. The third kappa shape index (κ3) is 4.60. The predicted octanol–water partition coefficient (Wildman–Crippen LogP) is 4.67. The molecule has 0 spiro atoms. The lowest BCUT2D eigenvalue weighted by Gasteiger charge is -2.44. The van der Waals surface area contributed by atoms with E-state index in [9.17, 15) is 22.8 Å². The minimum absolute atomic E-state index is 0.241. The molecule has 1 N–H and O–H groups in total. The van der Waals surface area contributed by atoms with Crippen LogP contribution in [0.15, 0.2) is 54.6 Å². The van der Waals surface area contributed by atoms with Gasteiger partial charge >= 0.3 is 18.1 Å². The number of esters is 1. The van der Waals surface area contributed by atoms with Crippen molar-refractivity contribution in [2.24, 2.45) is 0 Å². The van der Waals surface area contributed by atoms with Crippen molar-refractivity contribution in [2.75, 3.05) is 0 Å². The highest BCUT2D eigenvalue weighted by Gasteiger charge is 2.50. The molecule has 7 heteroatoms. The molecule has 1 amide bonds. The number of amides is 1. The number of carbonyl (C=O) groups is 2. The zero-order chi connectivity index (χ0) is 21.1. The summed E-state index contributed by atoms with van der Waals surface area (Å²) >= 11 is 0. The van der Waals surface area contributed by atoms with Crippen molar-refractivity contribution in [3.8, 4) is 0 Å². The summed E-state index contributed by atoms with van der Waals surface area (Å²) in [7, 11) is 0. The Bertz CT molecular complexity index is 865. The molecule has 0 aromatic heterocycles. The number of alkyl halides is 3. The Hall–Kier alpha value is -2.83. The predicted molar refractivity (Wildman–Crippen MR) is 101 cm³/mol. The van der Waals surface area contributed by atoms with Gasteiger partial charge in [-0.2, -0.15) is 13.2 Å². The van der Waals surface area contributed by atoms with Gasteiger partial charge in [-0.25, -0.2) is 4.79 Å². The number of benzene rings is 2. The van der Waals surface area contributed by atoms with Gasteiger partial charge in [-0.3, -0.25) is 4.79 Å². The molecule has 3 rings (SSSR count). The van der Waals surface area contributed by atoms with Gasteiger partial charge in [-0.05, 0) is 43.9 Å². The van der Waals surface area contributed by atoms with Gasteiger partial charge in [0.15, 0.2) is 0 Å². The van der Waals surface area contributed by atoms with Gasteiger partial charge in [0.25, 0.3) is 0 Å². The topological polar surface area (TPSA) is 55.4 Å². The quantitative estimate of drug-likeness (QED) is 0.753. The number of hydrogen-bond donors (Lipinski definition) is 1. The maximum atomic E-state index is 13.1. The lowest BCUT2D eigenvalue weighted by Crippen LogP contribution is -2.59. The molecule has 0 bridgehead atoms. The molecule has 0 saturated heterocycles. The summed E-state index contributed by atoms with van der Waals surface area (Å²) < 4.78 is 44.9. The van der Waals surface area contributed by atoms with E-state index in [4.69, 9.17) is 4.74 Å². The molecule has 4 nitrogen and oxygen atoms in total. The lowest BCUT2D eigenvalue weighted by molar-refractivity contribution is -0.178. The fourth-order valence-corrected chi connectivity index (χ4v) is 3.74. The smallest absolute Gasteiger partial charge is 0.456 e. The van der Waals surface area contributed by atoms with E-state index in [1.807, 2.05) is 6.92 Å². The normalized spacial score (nSPS) is 22.0. The minimum atomic E-state index is -5.04. The summed E-state index contributed by atoms with van der Waals surface area (Å²) in [4.78, 5) is 24.5. The Morgan fingerprint density at radius 2 is 1.69 bits per heavy atom. The first kappa shape index (κ1) is 20.9. The van der Waals surface area contributed by atoms with Crippen LogP contribution in [0.4, 0.5) is 13.2 Å². The molecule has 2 atom stereocenters. The average Bonchev–Trinajstić information content (AvgIpc) is 2.70. The number of ether oxygens (including phenoxy) is 1. The van der Waals surface area contributed by atoms with Crippen molar-refractivity contribution < 1.29 is 27.5 Å². The van der Waals surface area contributed by atoms with E-state index in [-0.39, 0.29) is 6.42 Å². The summed E-state index contributed by atoms with van der Waals surface area (Å²) in [5.41, 5.74) is 0.284. The van der Waals surface area contributed by atoms with Crippen LogP contribution < -0.4 is 5.32 Å². The zero-order valence-corrected chi connectivity index (χ0v) is 16.0. The van der Waals surface area contributed by atoms with Gasteiger partial charge in [-0.15, -0.1) is 0 Å². The first-order valence-corrected chi connectivity index (χ1v) is 9.45. The second-order valence-corrected chi connectivity index (χ2v) is 7.30. The van der Waals surface area contributed by atoms with Crippen molar-refractivity contribution in [1.29, 1.82) is 0 Å². The first-order valence-electron chi connectivity index (χ1n) is 9.45. The number of hydrogen-bond acceptors (Lipinski definition) is 3. The van der Waals surface area contributed by atoms with E-state index in [0.29, 0.717) is 30.4 Å². The maximum Gasteiger partial charge on any atom is 0.471 e. The van der Waals surface area contributed by atoms with Crippen LogP contribution in [0, 0.1) is 6.92 Å². The maximum absolute atomic E-state index is 13.1. The largest absolute Gasteiger partial charge is 0.471 e. The molecule has 29 heavy (non-hydrogen) atoms. The van der Waals surface area contributed by atoms with E-state index in [2.05, 4.69) is 5.32 Å². The summed E-state index contributed by atoms with van der Waals surface area (Å²) in [6.45, 7) is 1.86. The van der Waals surface area contributed by atoms with Crippen LogP contribution in [-0.2, 0) is 15.1 Å². The molecule has 1 aliphatic carbocycles. The van der Waals surface area contributed by atoms with E-state index < -0.39 is 29.7 Å². The third-order valence-electron chi connectivity index (χ3n) is 5.26. The molecule has 0 radical (unpaired) electrons. The van der Waals surface area contributed by atoms with E-state index in [0.717, 1.165) is 5.56 Å². The van der Waals surface area contributed by atoms with Crippen LogP contribution in [0.2, 0.25) is 0 Å². The van der Waals surface area contributed by atoms with Crippen molar-refractivity contribution in [1.82, 2.24) is 5.32 Å². The molecule has 2 aromatic rings. The number of aryl methyl sites for hydroxylation is 1. The summed E-state index contributed by atoms with van der Waals surface area (Å²) in [5.74, 6) is -2.67. The second-order valence-electron chi connectivity index (χ2n) is 7.30. The summed E-state index contributed by atoms with van der Waals surface area (Å²) in [6.07, 6.45) is -4.08. The Morgan fingerprint density at radius 3 is 2.31 bits per heavy atom. The molecule has 1 fully saturated rings. The standard InChI is InChI=1S/C22H22F3NO3/c1-15-10-12-17(13-11-15)21(26-20(28)22(23,24)25)14-6-5-9-18(21)29-19(27)16-7-3-2-4-8-16/h2-4,7-8,10-13,18H,5-6,9,14H2,1H3,(H,26,28)/t18-,21-/m0/s1. The Kier molecular flexibility index (Phi) is 5.96. The van der Waals surface area contributed by atoms with Crippen LogP contribution in [0.5, 0.6) is 0 Å². The van der Waals surface area contributed by atoms with Crippen LogP contribution in [0.25, 0.3) is 0 Å². The van der Waals surface area contributed by atoms with Gasteiger partial charge in [0.2, 0.25) is 0 Å². The van der Waals surface area contributed by atoms with Crippen molar-refractivity contribution in [3.05, 3.63) is 71.3 Å². The van der Waals surface area contributed by atoms with Gasteiger partial charge in [0, 0.05) is 0 Å². The molecule has 0 heterocycles. The average molecular weight is 405 g/mol. The Morgan fingerprint density at radius 1 is 1.03 bits per heavy atom. The fraction of sp³-hybridized carbons (Fsp3) is 0.364. The molecule has 1 aliphatic rings. The van der Waals surface area contributed by atoms with Crippen molar-refractivity contribution >= 4 is 11.9 Å². The van der Waals surface area contributed by atoms with E-state index in [1.165, 1.54) is 0 Å². The van der Waals surface area contributed by atoms with Crippen LogP contribution in [-0.4, -0.2) is 24.2 Å². The Balaban J connectivity index is 1.99. The number of halogens is 3. The number of rotatable bonds is 4. The van der Waals surface area contributed by atoms with Crippen molar-refractivity contribution in [2.45, 2.75) is 50.4 Å². The van der Waals surface area contributed by atoms with Crippen LogP contribution in [0.1, 0.15) is 47.2 Å². The fourth-order valence-electron chi connectivity index (χ4n) is 3.74. The van der Waals surface area contributed by atoms with Gasteiger partial charge in [-0.1, -0.05) is 54.4 Å². The van der Waals surface area contributed by atoms with Gasteiger partial charge in [0.1, 0.15) is 11.6 Å². The molecule has 2 aromatic carbocycles. The minimum Gasteiger partial charge on any atom is -0.456 e. The highest BCUT2D eigenvalue weighted by atomic mass is 19.4. The molecule has 0 aliphatic heterocycles. The summed E-state index contributed by atoms with van der Waals surface area (Å²) in [6, 6.07) is 15.1. The van der Waals surface area contributed by atoms with Crippen LogP contribution in [0.3, 0.4) is 0 Å². The zero-order valence-electron chi connectivity index (χ0n) is 16.0. The van der Waals surface area contributed by atoms with Crippen LogP contribution >= 0.6 is 0 Å². The van der Waals surface area contributed by atoms with Crippen molar-refractivity contribution in [3.63, 3.8) is 0 Å². The second kappa shape index (κ2) is 8.27. The SMILES string of the molecule is Cc1ccc([C@@]2(NC(=O)C(F)(F)F)CCCC[C@@H]2OC(=O)c2ccccc2)cc1. The highest BCUT2D eigenvalue weighted by molar-refractivity contribution is 5.89. The number of nitrogens with one attached hydrogen (secondary N) is 1. The van der Waals surface area contributed by atoms with E-state index in [1.54, 1.807) is 54.6 Å². The lowest BCUT2D eigenvalue weighted by atomic mass is 9.74.